The van der Waals surface area contributed by atoms with Gasteiger partial charge in [0.05, 0.1) is 81.0 Å². The summed E-state index contributed by atoms with van der Waals surface area (Å²) in [6.07, 6.45) is 14.2. The molecule has 6 aromatic carbocycles. The first-order valence-electron chi connectivity index (χ1n) is 24.4. The van der Waals surface area contributed by atoms with Crippen LogP contribution in [0, 0.1) is 0 Å². The minimum absolute atomic E-state index is 0.0507. The molecule has 0 radical (unpaired) electrons. The Bertz CT molecular complexity index is 3130. The van der Waals surface area contributed by atoms with Gasteiger partial charge in [-0.1, -0.05) is 130 Å². The summed E-state index contributed by atoms with van der Waals surface area (Å²) in [5, 5.41) is 18.4. The lowest BCUT2D eigenvalue weighted by atomic mass is 10.1. The van der Waals surface area contributed by atoms with Crippen LogP contribution >= 0.6 is 0 Å². The summed E-state index contributed by atoms with van der Waals surface area (Å²) in [6.45, 7) is 2.27. The summed E-state index contributed by atoms with van der Waals surface area (Å²) in [7, 11) is -6.24. The first kappa shape index (κ1) is 45.5. The number of anilines is 2. The molecule has 4 heterocycles. The summed E-state index contributed by atoms with van der Waals surface area (Å²) in [4.78, 5) is 0. The van der Waals surface area contributed by atoms with Crippen molar-refractivity contribution in [3.8, 4) is 0 Å². The van der Waals surface area contributed by atoms with E-state index in [0.717, 1.165) is 74.6 Å². The zero-order chi connectivity index (χ0) is 46.7. The third kappa shape index (κ3) is 9.58. The molecule has 0 saturated carbocycles. The van der Waals surface area contributed by atoms with E-state index >= 15 is 0 Å². The molecule has 0 amide bonds. The minimum atomic E-state index is -3.12. The molecular weight excluding hydrogens is 885 g/mol. The molecule has 10 rings (SSSR count). The smallest absolute Gasteiger partial charge is 0.152 e. The molecule has 350 valence electrons. The van der Waals surface area contributed by atoms with Crippen LogP contribution in [0.4, 0.5) is 11.4 Å². The van der Waals surface area contributed by atoms with Crippen LogP contribution in [0.2, 0.25) is 0 Å². The lowest BCUT2D eigenvalue weighted by Crippen LogP contribution is -2.31. The maximum Gasteiger partial charge on any atom is 0.152 e. The van der Waals surface area contributed by atoms with Crippen LogP contribution in [-0.2, 0) is 19.7 Å². The lowest BCUT2D eigenvalue weighted by Gasteiger charge is -2.26. The van der Waals surface area contributed by atoms with Crippen molar-refractivity contribution in [2.24, 2.45) is 10.2 Å². The van der Waals surface area contributed by atoms with Gasteiger partial charge in [-0.15, -0.1) is 0 Å². The second-order valence-electron chi connectivity index (χ2n) is 18.7. The van der Waals surface area contributed by atoms with Gasteiger partial charge in [-0.3, -0.25) is 10.0 Å². The summed E-state index contributed by atoms with van der Waals surface area (Å²) in [6, 6.07) is 49.9. The monoisotopic (exact) mass is 944 g/mol. The molecule has 10 nitrogen and oxygen atoms in total. The Kier molecular flexibility index (Phi) is 13.2. The topological polar surface area (TPSA) is 109 Å². The van der Waals surface area contributed by atoms with Crippen LogP contribution < -0.4 is 10.0 Å². The quantitative estimate of drug-likeness (QED) is 0.0481. The highest BCUT2D eigenvalue weighted by atomic mass is 32.2. The summed E-state index contributed by atoms with van der Waals surface area (Å²) in [5.74, 6) is 0.524. The molecule has 12 heteroatoms. The Balaban J connectivity index is 1.06. The van der Waals surface area contributed by atoms with E-state index in [1.54, 1.807) is 0 Å². The van der Waals surface area contributed by atoms with Gasteiger partial charge in [-0.2, -0.15) is 10.2 Å². The van der Waals surface area contributed by atoms with E-state index in [1.165, 1.54) is 42.9 Å². The van der Waals surface area contributed by atoms with Crippen LogP contribution in [0.3, 0.4) is 0 Å². The molecule has 2 aliphatic rings. The van der Waals surface area contributed by atoms with Crippen molar-refractivity contribution in [3.05, 3.63) is 157 Å². The average molecular weight is 945 g/mol. The van der Waals surface area contributed by atoms with Gasteiger partial charge < -0.3 is 9.13 Å². The SMILES string of the molecule is CCCCCCCCCC(n1c2ccccc2c2cc(C=NN(c3ccccc3)C3CCS(=O)(=O)C3)ccc21)n1c2ccccc2c2cc(C=NN(c3ccccc3)C3CCS(=O)(=O)C3)ccc21. The van der Waals surface area contributed by atoms with E-state index in [0.29, 0.717) is 12.8 Å². The Hall–Kier alpha value is -6.24. The number of unbranched alkanes of at least 4 members (excludes halogenated alkanes) is 6. The van der Waals surface area contributed by atoms with Crippen LogP contribution in [0.25, 0.3) is 43.6 Å². The Morgan fingerprint density at radius 1 is 0.515 bits per heavy atom. The highest BCUT2D eigenvalue weighted by molar-refractivity contribution is 7.92. The number of hydrazone groups is 2. The van der Waals surface area contributed by atoms with E-state index in [4.69, 9.17) is 10.2 Å². The molecule has 2 fully saturated rings. The van der Waals surface area contributed by atoms with Crippen molar-refractivity contribution in [1.29, 1.82) is 0 Å². The van der Waals surface area contributed by atoms with E-state index in [1.807, 2.05) is 83.1 Å². The molecule has 0 N–H and O–H groups in total. The van der Waals surface area contributed by atoms with Gasteiger partial charge in [0.15, 0.2) is 19.7 Å². The van der Waals surface area contributed by atoms with E-state index in [2.05, 4.69) is 101 Å². The summed E-state index contributed by atoms with van der Waals surface area (Å²) in [5.41, 5.74) is 8.24. The number of para-hydroxylation sites is 4. The molecule has 68 heavy (non-hydrogen) atoms. The van der Waals surface area contributed by atoms with Crippen molar-refractivity contribution in [3.63, 3.8) is 0 Å². The van der Waals surface area contributed by atoms with Gasteiger partial charge in [-0.25, -0.2) is 16.8 Å². The maximum absolute atomic E-state index is 12.6. The molecule has 2 saturated heterocycles. The Morgan fingerprint density at radius 2 is 0.926 bits per heavy atom. The molecule has 2 aliphatic heterocycles. The third-order valence-corrected chi connectivity index (χ3v) is 17.4. The molecule has 0 spiro atoms. The van der Waals surface area contributed by atoms with Crippen molar-refractivity contribution in [1.82, 2.24) is 9.13 Å². The number of aromatic nitrogens is 2. The predicted molar refractivity (Wildman–Crippen MR) is 283 cm³/mol. The molecule has 2 unspecified atom stereocenters. The van der Waals surface area contributed by atoms with Crippen LogP contribution in [0.5, 0.6) is 0 Å². The largest absolute Gasteiger partial charge is 0.319 e. The minimum Gasteiger partial charge on any atom is -0.319 e. The molecule has 0 aliphatic carbocycles. The zero-order valence-corrected chi connectivity index (χ0v) is 40.4. The van der Waals surface area contributed by atoms with Gasteiger partial charge in [0.2, 0.25) is 0 Å². The van der Waals surface area contributed by atoms with Gasteiger partial charge in [-0.05, 0) is 97.5 Å². The third-order valence-electron chi connectivity index (χ3n) is 13.9. The van der Waals surface area contributed by atoms with Crippen LogP contribution in [-0.4, -0.2) is 73.5 Å². The van der Waals surface area contributed by atoms with Crippen LogP contribution in [0.1, 0.15) is 88.4 Å². The first-order valence-corrected chi connectivity index (χ1v) is 28.0. The molecule has 0 bridgehead atoms. The number of fused-ring (bicyclic) bond motifs is 6. The molecular formula is C56H60N6O4S2. The van der Waals surface area contributed by atoms with Crippen LogP contribution in [0.15, 0.2) is 156 Å². The van der Waals surface area contributed by atoms with E-state index in [-0.39, 0.29) is 41.3 Å². The fourth-order valence-corrected chi connectivity index (χ4v) is 14.0. The molecule has 8 aromatic rings. The number of nitrogens with zero attached hydrogens (tertiary/aromatic N) is 6. The van der Waals surface area contributed by atoms with Crippen molar-refractivity contribution in [2.45, 2.75) is 89.4 Å². The Labute approximate surface area is 400 Å². The molecule has 2 aromatic heterocycles. The zero-order valence-electron chi connectivity index (χ0n) is 38.8. The van der Waals surface area contributed by atoms with E-state index in [9.17, 15) is 16.8 Å². The summed E-state index contributed by atoms with van der Waals surface area (Å²) < 4.78 is 55.5. The average Bonchev–Trinajstić information content (AvgIpc) is 4.10. The van der Waals surface area contributed by atoms with Crippen molar-refractivity contribution in [2.75, 3.05) is 33.0 Å². The summed E-state index contributed by atoms with van der Waals surface area (Å²) >= 11 is 0. The highest BCUT2D eigenvalue weighted by Crippen LogP contribution is 2.40. The Morgan fingerprint density at radius 3 is 1.37 bits per heavy atom. The second-order valence-corrected chi connectivity index (χ2v) is 23.1. The number of hydrogen-bond acceptors (Lipinski definition) is 8. The lowest BCUT2D eigenvalue weighted by molar-refractivity contribution is 0.418. The number of benzene rings is 6. The highest BCUT2D eigenvalue weighted by Gasteiger charge is 2.34. The van der Waals surface area contributed by atoms with Crippen molar-refractivity contribution < 1.29 is 16.8 Å². The standard InChI is InChI=1S/C56H60N6O4S2/c1-2-3-4-5-6-7-14-27-56(59-52-25-17-15-23-48(52)50-36-42(28-30-54(50)59)38-57-61(44-19-10-8-11-20-44)46-32-34-67(63,64)40-46)60-53-26-18-16-24-49(53)51-37-43(29-31-55(51)60)39-58-62(45-21-12-9-13-22-45)47-33-35-68(65,66)41-47/h8-13,15-26,28-31,36-39,46-47,56H,2-7,14,27,32-35,40-41H2,1H3. The van der Waals surface area contributed by atoms with Crippen molar-refractivity contribution >= 4 is 87.1 Å². The number of hydrogen-bond donors (Lipinski definition) is 0. The maximum atomic E-state index is 12.6. The molecule has 2 atom stereocenters. The van der Waals surface area contributed by atoms with Gasteiger partial charge >= 0.3 is 0 Å². The normalized spacial score (nSPS) is 18.5. The van der Waals surface area contributed by atoms with E-state index < -0.39 is 19.7 Å². The second kappa shape index (κ2) is 19.8. The fourth-order valence-electron chi connectivity index (χ4n) is 10.6. The van der Waals surface area contributed by atoms with Gasteiger partial charge in [0.25, 0.3) is 0 Å². The number of rotatable bonds is 18. The first-order chi connectivity index (χ1) is 33.2. The fraction of sp³-hybridized carbons (Fsp3) is 0.321. The number of sulfone groups is 2. The predicted octanol–water partition coefficient (Wildman–Crippen LogP) is 12.1. The van der Waals surface area contributed by atoms with Gasteiger partial charge in [0, 0.05) is 21.5 Å². The van der Waals surface area contributed by atoms with Gasteiger partial charge in [0.1, 0.15) is 6.17 Å².